The second-order valence-corrected chi connectivity index (χ2v) is 7.74. The van der Waals surface area contributed by atoms with Gasteiger partial charge in [0.1, 0.15) is 5.60 Å². The van der Waals surface area contributed by atoms with E-state index in [2.05, 4.69) is 0 Å². The van der Waals surface area contributed by atoms with Crippen LogP contribution >= 0.6 is 0 Å². The molecule has 0 radical (unpaired) electrons. The molecule has 1 aromatic rings. The average Bonchev–Trinajstić information content (AvgIpc) is 2.95. The van der Waals surface area contributed by atoms with Crippen LogP contribution in [0.1, 0.15) is 48.2 Å². The quantitative estimate of drug-likeness (QED) is 0.702. The Hall–Kier alpha value is -2.25. The van der Waals surface area contributed by atoms with Gasteiger partial charge in [-0.15, -0.1) is 0 Å². The lowest BCUT2D eigenvalue weighted by Gasteiger charge is -2.36. The Morgan fingerprint density at radius 2 is 1.85 bits per heavy atom. The molecule has 2 heterocycles. The molecule has 8 heteroatoms. The molecule has 26 heavy (non-hydrogen) atoms. The van der Waals surface area contributed by atoms with Gasteiger partial charge in [0.15, 0.2) is 0 Å². The zero-order valence-electron chi connectivity index (χ0n) is 15.1. The lowest BCUT2D eigenvalue weighted by atomic mass is 9.83. The molecule has 0 aliphatic carbocycles. The van der Waals surface area contributed by atoms with E-state index in [1.165, 1.54) is 22.9 Å². The summed E-state index contributed by atoms with van der Waals surface area (Å²) < 4.78 is 45.4. The molecule has 0 saturated carbocycles. The monoisotopic (exact) mass is 370 g/mol. The van der Waals surface area contributed by atoms with Crippen molar-refractivity contribution in [1.82, 2.24) is 9.80 Å². The van der Waals surface area contributed by atoms with E-state index < -0.39 is 29.3 Å². The third kappa shape index (κ3) is 3.12. The summed E-state index contributed by atoms with van der Waals surface area (Å²) in [6.45, 7) is 5.68. The van der Waals surface area contributed by atoms with Gasteiger partial charge < -0.3 is 14.5 Å². The molecule has 1 saturated heterocycles. The number of fused-ring (bicyclic) bond motifs is 3. The third-order valence-electron chi connectivity index (χ3n) is 4.77. The van der Waals surface area contributed by atoms with Crippen LogP contribution in [0, 0.1) is 0 Å². The Morgan fingerprint density at radius 3 is 2.42 bits per heavy atom. The molecule has 0 unspecified atom stereocenters. The molecule has 2 aliphatic heterocycles. The maximum atomic E-state index is 13.4. The van der Waals surface area contributed by atoms with Crippen LogP contribution in [0.15, 0.2) is 18.2 Å². The number of hydrogen-bond donors (Lipinski definition) is 0. The predicted molar refractivity (Wildman–Crippen MR) is 87.9 cm³/mol. The molecule has 0 bridgehead atoms. The maximum absolute atomic E-state index is 13.4. The Kier molecular flexibility index (Phi) is 4.20. The molecule has 1 aromatic carbocycles. The Bertz CT molecular complexity index is 755. The third-order valence-corrected chi connectivity index (χ3v) is 4.77. The van der Waals surface area contributed by atoms with Gasteiger partial charge in [-0.05, 0) is 32.4 Å². The SMILES string of the molecule is CN1C(=O)c2c(cccc2C(F)(F)F)[C@@H]2CN(C(=O)OC(C)(C)C)C[C@H]21. The number of benzene rings is 1. The second kappa shape index (κ2) is 5.89. The lowest BCUT2D eigenvalue weighted by molar-refractivity contribution is -0.138. The van der Waals surface area contributed by atoms with Gasteiger partial charge in [-0.3, -0.25) is 4.79 Å². The molecule has 2 aliphatic rings. The highest BCUT2D eigenvalue weighted by atomic mass is 19.4. The van der Waals surface area contributed by atoms with Gasteiger partial charge in [-0.2, -0.15) is 13.2 Å². The van der Waals surface area contributed by atoms with Crippen molar-refractivity contribution in [3.05, 3.63) is 34.9 Å². The molecule has 5 nitrogen and oxygen atoms in total. The van der Waals surface area contributed by atoms with Crippen LogP contribution in [0.25, 0.3) is 0 Å². The minimum absolute atomic E-state index is 0.214. The van der Waals surface area contributed by atoms with E-state index in [1.807, 2.05) is 0 Å². The molecule has 0 aromatic heterocycles. The number of likely N-dealkylation sites (tertiary alicyclic amines) is 1. The molecule has 142 valence electrons. The largest absolute Gasteiger partial charge is 0.444 e. The number of amides is 2. The minimum Gasteiger partial charge on any atom is -0.444 e. The van der Waals surface area contributed by atoms with Gasteiger partial charge in [0.05, 0.1) is 17.2 Å². The number of carbonyl (C=O) groups excluding carboxylic acids is 2. The summed E-state index contributed by atoms with van der Waals surface area (Å²) in [7, 11) is 1.48. The van der Waals surface area contributed by atoms with E-state index in [0.29, 0.717) is 5.56 Å². The minimum atomic E-state index is -4.61. The Morgan fingerprint density at radius 1 is 1.19 bits per heavy atom. The van der Waals surface area contributed by atoms with Crippen LogP contribution in [-0.2, 0) is 10.9 Å². The van der Waals surface area contributed by atoms with Gasteiger partial charge in [0.25, 0.3) is 5.91 Å². The van der Waals surface area contributed by atoms with Gasteiger partial charge in [0.2, 0.25) is 0 Å². The summed E-state index contributed by atoms with van der Waals surface area (Å²) in [5.41, 5.74) is -1.57. The average molecular weight is 370 g/mol. The zero-order chi connectivity index (χ0) is 19.4. The molecule has 1 fully saturated rings. The molecule has 0 N–H and O–H groups in total. The van der Waals surface area contributed by atoms with E-state index in [0.717, 1.165) is 6.07 Å². The van der Waals surface area contributed by atoms with E-state index in [1.54, 1.807) is 26.8 Å². The maximum Gasteiger partial charge on any atom is 0.417 e. The van der Waals surface area contributed by atoms with E-state index >= 15 is 0 Å². The Labute approximate surface area is 149 Å². The fourth-order valence-corrected chi connectivity index (χ4v) is 3.64. The number of likely N-dealkylation sites (N-methyl/N-ethyl adjacent to an activating group) is 1. The normalized spacial score (nSPS) is 23.0. The summed E-state index contributed by atoms with van der Waals surface area (Å²) in [5.74, 6) is -1.04. The van der Waals surface area contributed by atoms with Crippen molar-refractivity contribution in [2.45, 2.75) is 44.5 Å². The van der Waals surface area contributed by atoms with Crippen molar-refractivity contribution >= 4 is 12.0 Å². The smallest absolute Gasteiger partial charge is 0.417 e. The predicted octanol–water partition coefficient (Wildman–Crippen LogP) is 3.49. The standard InChI is InChI=1S/C18H21F3N2O3/c1-17(2,3)26-16(25)23-8-11-10-6-5-7-12(18(19,20)21)14(10)15(24)22(4)13(11)9-23/h5-7,11,13H,8-9H2,1-4H3/t11-,13+/m0/s1. The highest BCUT2D eigenvalue weighted by molar-refractivity contribution is 5.99. The van der Waals surface area contributed by atoms with Crippen molar-refractivity contribution in [2.24, 2.45) is 0 Å². The number of rotatable bonds is 0. The first-order valence-electron chi connectivity index (χ1n) is 8.35. The van der Waals surface area contributed by atoms with Crippen LogP contribution in [0.2, 0.25) is 0 Å². The molecule has 3 rings (SSSR count). The van der Waals surface area contributed by atoms with Crippen molar-refractivity contribution in [3.8, 4) is 0 Å². The summed E-state index contributed by atoms with van der Waals surface area (Å²) in [6, 6.07) is 3.41. The van der Waals surface area contributed by atoms with E-state index in [4.69, 9.17) is 4.74 Å². The first-order valence-corrected chi connectivity index (χ1v) is 8.35. The van der Waals surface area contributed by atoms with Crippen molar-refractivity contribution in [1.29, 1.82) is 0 Å². The van der Waals surface area contributed by atoms with Crippen LogP contribution in [0.5, 0.6) is 0 Å². The zero-order valence-corrected chi connectivity index (χ0v) is 15.1. The van der Waals surface area contributed by atoms with Crippen molar-refractivity contribution < 1.29 is 27.5 Å². The van der Waals surface area contributed by atoms with E-state index in [-0.39, 0.29) is 30.6 Å². The highest BCUT2D eigenvalue weighted by Crippen LogP contribution is 2.43. The first-order chi connectivity index (χ1) is 11.9. The number of alkyl halides is 3. The molecule has 2 atom stereocenters. The van der Waals surface area contributed by atoms with Gasteiger partial charge in [-0.25, -0.2) is 4.79 Å². The number of halogens is 3. The molecule has 0 spiro atoms. The number of ether oxygens (including phenoxy) is 1. The highest BCUT2D eigenvalue weighted by Gasteiger charge is 2.49. The number of carbonyl (C=O) groups is 2. The summed E-state index contributed by atoms with van der Waals surface area (Å²) >= 11 is 0. The van der Waals surface area contributed by atoms with Crippen LogP contribution in [0.3, 0.4) is 0 Å². The fraction of sp³-hybridized carbons (Fsp3) is 0.556. The van der Waals surface area contributed by atoms with E-state index in [9.17, 15) is 22.8 Å². The summed E-state index contributed by atoms with van der Waals surface area (Å²) in [4.78, 5) is 27.7. The summed E-state index contributed by atoms with van der Waals surface area (Å²) in [5, 5.41) is 0. The van der Waals surface area contributed by atoms with Gasteiger partial charge in [-0.1, -0.05) is 12.1 Å². The fourth-order valence-electron chi connectivity index (χ4n) is 3.64. The Balaban J connectivity index is 1.98. The van der Waals surface area contributed by atoms with Crippen molar-refractivity contribution in [3.63, 3.8) is 0 Å². The topological polar surface area (TPSA) is 49.9 Å². The second-order valence-electron chi connectivity index (χ2n) is 7.74. The van der Waals surface area contributed by atoms with Crippen LogP contribution in [0.4, 0.5) is 18.0 Å². The molecular weight excluding hydrogens is 349 g/mol. The summed E-state index contributed by atoms with van der Waals surface area (Å²) in [6.07, 6.45) is -5.14. The van der Waals surface area contributed by atoms with Gasteiger partial charge >= 0.3 is 12.3 Å². The van der Waals surface area contributed by atoms with Crippen LogP contribution < -0.4 is 0 Å². The first kappa shape index (κ1) is 18.5. The van der Waals surface area contributed by atoms with Crippen LogP contribution in [-0.4, -0.2) is 53.6 Å². The molecular formula is C18H21F3N2O3. The number of hydrogen-bond acceptors (Lipinski definition) is 3. The molecule has 2 amide bonds. The van der Waals surface area contributed by atoms with Crippen molar-refractivity contribution in [2.75, 3.05) is 20.1 Å². The lowest BCUT2D eigenvalue weighted by Crippen LogP contribution is -2.46. The number of nitrogens with zero attached hydrogens (tertiary/aromatic N) is 2. The van der Waals surface area contributed by atoms with Gasteiger partial charge in [0, 0.05) is 26.1 Å².